The molecular formula is C9H7N3O5. The van der Waals surface area contributed by atoms with E-state index in [0.29, 0.717) is 0 Å². The number of hydrogen-bond donors (Lipinski definition) is 2. The lowest BCUT2D eigenvalue weighted by molar-refractivity contribution is -0.137. The quantitative estimate of drug-likeness (QED) is 0.785. The second-order valence-corrected chi connectivity index (χ2v) is 3.12. The van der Waals surface area contributed by atoms with Crippen molar-refractivity contribution in [2.45, 2.75) is 6.54 Å². The Bertz CT molecular complexity index is 557. The SMILES string of the molecule is O=C(O)Cn1nnc(C(=O)O)c1-c1ccco1. The normalized spacial score (nSPS) is 10.4. The van der Waals surface area contributed by atoms with E-state index in [-0.39, 0.29) is 17.1 Å². The minimum atomic E-state index is -1.30. The summed E-state index contributed by atoms with van der Waals surface area (Å²) in [5, 5.41) is 24.5. The molecular weight excluding hydrogens is 230 g/mol. The molecule has 0 amide bonds. The van der Waals surface area contributed by atoms with Gasteiger partial charge in [0.1, 0.15) is 12.2 Å². The van der Waals surface area contributed by atoms with Gasteiger partial charge in [-0.2, -0.15) is 0 Å². The fourth-order valence-corrected chi connectivity index (χ4v) is 1.35. The Morgan fingerprint density at radius 1 is 1.41 bits per heavy atom. The van der Waals surface area contributed by atoms with Gasteiger partial charge < -0.3 is 14.6 Å². The molecule has 2 aromatic rings. The fourth-order valence-electron chi connectivity index (χ4n) is 1.35. The van der Waals surface area contributed by atoms with E-state index in [0.717, 1.165) is 4.68 Å². The van der Waals surface area contributed by atoms with Crippen molar-refractivity contribution in [1.29, 1.82) is 0 Å². The predicted octanol–water partition coefficient (Wildman–Crippen LogP) is 0.321. The summed E-state index contributed by atoms with van der Waals surface area (Å²) in [6.45, 7) is -0.490. The van der Waals surface area contributed by atoms with Crippen LogP contribution in [0.5, 0.6) is 0 Å². The van der Waals surface area contributed by atoms with E-state index < -0.39 is 18.5 Å². The highest BCUT2D eigenvalue weighted by molar-refractivity contribution is 5.92. The van der Waals surface area contributed by atoms with Crippen molar-refractivity contribution in [1.82, 2.24) is 15.0 Å². The van der Waals surface area contributed by atoms with Crippen LogP contribution in [0.4, 0.5) is 0 Å². The lowest BCUT2D eigenvalue weighted by Gasteiger charge is -2.00. The molecule has 0 saturated heterocycles. The van der Waals surface area contributed by atoms with E-state index >= 15 is 0 Å². The average molecular weight is 237 g/mol. The number of aliphatic carboxylic acids is 1. The predicted molar refractivity (Wildman–Crippen MR) is 52.3 cm³/mol. The van der Waals surface area contributed by atoms with Crippen LogP contribution in [0.25, 0.3) is 11.5 Å². The van der Waals surface area contributed by atoms with Crippen LogP contribution in [0.1, 0.15) is 10.5 Å². The summed E-state index contributed by atoms with van der Waals surface area (Å²) in [5.41, 5.74) is -0.314. The molecule has 0 atom stereocenters. The monoisotopic (exact) mass is 237 g/mol. The maximum absolute atomic E-state index is 10.9. The number of hydrogen-bond acceptors (Lipinski definition) is 5. The van der Waals surface area contributed by atoms with Crippen LogP contribution in [-0.4, -0.2) is 37.1 Å². The van der Waals surface area contributed by atoms with Gasteiger partial charge in [-0.15, -0.1) is 5.10 Å². The highest BCUT2D eigenvalue weighted by Gasteiger charge is 2.23. The summed E-state index contributed by atoms with van der Waals surface area (Å²) < 4.78 is 6.00. The summed E-state index contributed by atoms with van der Waals surface area (Å²) in [6, 6.07) is 3.06. The first kappa shape index (κ1) is 10.9. The lowest BCUT2D eigenvalue weighted by Crippen LogP contribution is -2.12. The van der Waals surface area contributed by atoms with Gasteiger partial charge in [-0.05, 0) is 12.1 Å². The van der Waals surface area contributed by atoms with E-state index in [1.54, 1.807) is 6.07 Å². The number of aromatic carboxylic acids is 1. The number of aromatic nitrogens is 3. The van der Waals surface area contributed by atoms with Gasteiger partial charge in [-0.25, -0.2) is 9.48 Å². The van der Waals surface area contributed by atoms with E-state index in [1.807, 2.05) is 0 Å². The van der Waals surface area contributed by atoms with E-state index in [9.17, 15) is 9.59 Å². The van der Waals surface area contributed by atoms with Crippen molar-refractivity contribution in [3.8, 4) is 11.5 Å². The smallest absolute Gasteiger partial charge is 0.358 e. The Labute approximate surface area is 94.1 Å². The van der Waals surface area contributed by atoms with Crippen LogP contribution < -0.4 is 0 Å². The number of rotatable bonds is 4. The van der Waals surface area contributed by atoms with Gasteiger partial charge in [0.2, 0.25) is 5.69 Å². The largest absolute Gasteiger partial charge is 0.480 e. The second-order valence-electron chi connectivity index (χ2n) is 3.12. The van der Waals surface area contributed by atoms with Gasteiger partial charge in [0, 0.05) is 0 Å². The molecule has 0 aliphatic rings. The molecule has 0 radical (unpaired) electrons. The first-order valence-corrected chi connectivity index (χ1v) is 4.52. The van der Waals surface area contributed by atoms with Gasteiger partial charge in [-0.1, -0.05) is 5.21 Å². The Morgan fingerprint density at radius 3 is 2.71 bits per heavy atom. The average Bonchev–Trinajstić information content (AvgIpc) is 2.83. The summed E-state index contributed by atoms with van der Waals surface area (Å²) in [7, 11) is 0. The molecule has 0 spiro atoms. The summed E-state index contributed by atoms with van der Waals surface area (Å²) in [4.78, 5) is 21.5. The van der Waals surface area contributed by atoms with Crippen LogP contribution >= 0.6 is 0 Å². The minimum Gasteiger partial charge on any atom is -0.480 e. The number of nitrogens with zero attached hydrogens (tertiary/aromatic N) is 3. The second kappa shape index (κ2) is 4.08. The number of carboxylic acid groups (broad SMARTS) is 2. The molecule has 0 bridgehead atoms. The maximum atomic E-state index is 10.9. The standard InChI is InChI=1S/C9H7N3O5/c13-6(14)4-12-8(5-2-1-3-17-5)7(9(15)16)10-11-12/h1-3H,4H2,(H,13,14)(H,15,16). The zero-order chi connectivity index (χ0) is 12.4. The zero-order valence-electron chi connectivity index (χ0n) is 8.40. The highest BCUT2D eigenvalue weighted by Crippen LogP contribution is 2.22. The lowest BCUT2D eigenvalue weighted by atomic mass is 10.2. The van der Waals surface area contributed by atoms with Crippen LogP contribution in [0.15, 0.2) is 22.8 Å². The maximum Gasteiger partial charge on any atom is 0.358 e. The Morgan fingerprint density at radius 2 is 2.18 bits per heavy atom. The molecule has 2 heterocycles. The fraction of sp³-hybridized carbons (Fsp3) is 0.111. The summed E-state index contributed by atoms with van der Waals surface area (Å²) in [6.07, 6.45) is 1.35. The molecule has 88 valence electrons. The van der Waals surface area contributed by atoms with Crippen molar-refractivity contribution in [2.24, 2.45) is 0 Å². The molecule has 0 unspecified atom stereocenters. The molecule has 17 heavy (non-hydrogen) atoms. The summed E-state index contributed by atoms with van der Waals surface area (Å²) >= 11 is 0. The number of carbonyl (C=O) groups is 2. The number of furan rings is 1. The van der Waals surface area contributed by atoms with Crippen molar-refractivity contribution < 1.29 is 24.2 Å². The Hall–Kier alpha value is -2.64. The van der Waals surface area contributed by atoms with E-state index in [2.05, 4.69) is 10.3 Å². The van der Waals surface area contributed by atoms with Gasteiger partial charge in [0.05, 0.1) is 6.26 Å². The van der Waals surface area contributed by atoms with E-state index in [4.69, 9.17) is 14.6 Å². The molecule has 0 saturated carbocycles. The zero-order valence-corrected chi connectivity index (χ0v) is 8.40. The van der Waals surface area contributed by atoms with Gasteiger partial charge >= 0.3 is 11.9 Å². The number of carboxylic acids is 2. The highest BCUT2D eigenvalue weighted by atomic mass is 16.4. The first-order chi connectivity index (χ1) is 8.09. The third-order valence-corrected chi connectivity index (χ3v) is 1.98. The van der Waals surface area contributed by atoms with Crippen LogP contribution in [0, 0.1) is 0 Å². The van der Waals surface area contributed by atoms with Gasteiger partial charge in [0.25, 0.3) is 0 Å². The molecule has 8 heteroatoms. The van der Waals surface area contributed by atoms with Crippen LogP contribution in [0.2, 0.25) is 0 Å². The van der Waals surface area contributed by atoms with Crippen molar-refractivity contribution in [3.63, 3.8) is 0 Å². The molecule has 0 aliphatic heterocycles. The Balaban J connectivity index is 2.55. The van der Waals surface area contributed by atoms with Crippen molar-refractivity contribution in [3.05, 3.63) is 24.1 Å². The van der Waals surface area contributed by atoms with Crippen molar-refractivity contribution in [2.75, 3.05) is 0 Å². The third kappa shape index (κ3) is 2.00. The van der Waals surface area contributed by atoms with Crippen molar-refractivity contribution >= 4 is 11.9 Å². The third-order valence-electron chi connectivity index (χ3n) is 1.98. The first-order valence-electron chi connectivity index (χ1n) is 4.52. The van der Waals surface area contributed by atoms with E-state index in [1.165, 1.54) is 12.3 Å². The molecule has 2 N–H and O–H groups in total. The van der Waals surface area contributed by atoms with Crippen LogP contribution in [-0.2, 0) is 11.3 Å². The molecule has 0 aromatic carbocycles. The molecule has 8 nitrogen and oxygen atoms in total. The topological polar surface area (TPSA) is 118 Å². The minimum absolute atomic E-state index is 0.0323. The van der Waals surface area contributed by atoms with Gasteiger partial charge in [0.15, 0.2) is 5.76 Å². The van der Waals surface area contributed by atoms with Crippen LogP contribution in [0.3, 0.4) is 0 Å². The molecule has 0 fully saturated rings. The van der Waals surface area contributed by atoms with Gasteiger partial charge in [-0.3, -0.25) is 4.79 Å². The molecule has 2 rings (SSSR count). The molecule has 0 aliphatic carbocycles. The summed E-state index contributed by atoms with van der Waals surface area (Å²) in [5.74, 6) is -2.25. The molecule has 2 aromatic heterocycles. The Kier molecular flexibility index (Phi) is 2.61.